The fraction of sp³-hybridized carbons (Fsp3) is 0.200. The van der Waals surface area contributed by atoms with Gasteiger partial charge < -0.3 is 19.2 Å². The van der Waals surface area contributed by atoms with Crippen LogP contribution in [0.15, 0.2) is 76.9 Å². The third-order valence-corrected chi connectivity index (χ3v) is 5.51. The number of furan rings is 1. The molecule has 0 saturated carbocycles. The van der Waals surface area contributed by atoms with Crippen LogP contribution >= 0.6 is 0 Å². The zero-order valence-corrected chi connectivity index (χ0v) is 17.4. The Bertz CT molecular complexity index is 1110. The lowest BCUT2D eigenvalue weighted by molar-refractivity contribution is -0.140. The van der Waals surface area contributed by atoms with E-state index in [2.05, 4.69) is 6.92 Å². The molecule has 0 spiro atoms. The van der Waals surface area contributed by atoms with Gasteiger partial charge in [-0.3, -0.25) is 9.59 Å². The van der Waals surface area contributed by atoms with E-state index < -0.39 is 17.7 Å². The molecular formula is C25H23NO5. The molecule has 1 amide bonds. The number of aryl methyl sites for hydroxylation is 1. The standard InChI is InChI=1S/C25H23NO5/c1-3-16-6-8-17(9-7-16)22-21(23(27)18-10-12-19(30-2)13-11-18)24(28)25(29)26(22)15-20-5-4-14-31-20/h4-14,22,27H,3,15H2,1-2H3. The molecule has 1 aromatic heterocycles. The maximum atomic E-state index is 13.0. The summed E-state index contributed by atoms with van der Waals surface area (Å²) >= 11 is 0. The number of amides is 1. The number of nitrogens with zero attached hydrogens (tertiary/aromatic N) is 1. The Hall–Kier alpha value is -3.80. The number of benzene rings is 2. The molecule has 31 heavy (non-hydrogen) atoms. The second kappa shape index (κ2) is 8.52. The number of methoxy groups -OCH3 is 1. The molecule has 1 fully saturated rings. The zero-order chi connectivity index (χ0) is 22.0. The van der Waals surface area contributed by atoms with E-state index >= 15 is 0 Å². The summed E-state index contributed by atoms with van der Waals surface area (Å²) in [7, 11) is 1.55. The molecule has 3 aromatic rings. The molecule has 1 saturated heterocycles. The second-order valence-corrected chi connectivity index (χ2v) is 7.33. The van der Waals surface area contributed by atoms with E-state index in [1.807, 2.05) is 24.3 Å². The normalized spacial score (nSPS) is 17.9. The largest absolute Gasteiger partial charge is 0.507 e. The number of carbonyl (C=O) groups excluding carboxylic acids is 2. The minimum absolute atomic E-state index is 0.0611. The highest BCUT2D eigenvalue weighted by Gasteiger charge is 2.46. The molecule has 0 radical (unpaired) electrons. The van der Waals surface area contributed by atoms with Crippen molar-refractivity contribution in [2.24, 2.45) is 0 Å². The highest BCUT2D eigenvalue weighted by Crippen LogP contribution is 2.40. The first-order chi connectivity index (χ1) is 15.0. The number of ether oxygens (including phenoxy) is 1. The molecule has 6 heteroatoms. The summed E-state index contributed by atoms with van der Waals surface area (Å²) in [5.74, 6) is -0.420. The van der Waals surface area contributed by atoms with Crippen molar-refractivity contribution in [2.75, 3.05) is 7.11 Å². The lowest BCUT2D eigenvalue weighted by Crippen LogP contribution is -2.29. The van der Waals surface area contributed by atoms with Crippen molar-refractivity contribution in [1.29, 1.82) is 0 Å². The smallest absolute Gasteiger partial charge is 0.296 e. The molecular weight excluding hydrogens is 394 g/mol. The van der Waals surface area contributed by atoms with Gasteiger partial charge in [-0.05, 0) is 53.9 Å². The topological polar surface area (TPSA) is 80.0 Å². The van der Waals surface area contributed by atoms with Crippen LogP contribution in [0.5, 0.6) is 5.75 Å². The van der Waals surface area contributed by atoms with Gasteiger partial charge in [-0.15, -0.1) is 0 Å². The number of aliphatic hydroxyl groups excluding tert-OH is 1. The van der Waals surface area contributed by atoms with Gasteiger partial charge >= 0.3 is 0 Å². The molecule has 0 bridgehead atoms. The maximum Gasteiger partial charge on any atom is 0.296 e. The van der Waals surface area contributed by atoms with Crippen LogP contribution in [0.3, 0.4) is 0 Å². The Morgan fingerprint density at radius 1 is 1.06 bits per heavy atom. The van der Waals surface area contributed by atoms with Gasteiger partial charge in [-0.1, -0.05) is 31.2 Å². The zero-order valence-electron chi connectivity index (χ0n) is 17.4. The molecule has 1 unspecified atom stereocenters. The van der Waals surface area contributed by atoms with Crippen molar-refractivity contribution in [3.05, 3.63) is 95.0 Å². The predicted molar refractivity (Wildman–Crippen MR) is 115 cm³/mol. The second-order valence-electron chi connectivity index (χ2n) is 7.33. The first-order valence-corrected chi connectivity index (χ1v) is 10.1. The Labute approximate surface area is 180 Å². The predicted octanol–water partition coefficient (Wildman–Crippen LogP) is 4.47. The lowest BCUT2D eigenvalue weighted by atomic mass is 9.94. The summed E-state index contributed by atoms with van der Waals surface area (Å²) in [4.78, 5) is 27.4. The quantitative estimate of drug-likeness (QED) is 0.364. The third kappa shape index (κ3) is 3.84. The fourth-order valence-electron chi connectivity index (χ4n) is 3.80. The van der Waals surface area contributed by atoms with Crippen molar-refractivity contribution in [1.82, 2.24) is 4.90 Å². The number of Topliss-reactive ketones (excluding diaryl/α,β-unsaturated/α-hetero) is 1. The van der Waals surface area contributed by atoms with Crippen molar-refractivity contribution in [3.63, 3.8) is 0 Å². The maximum absolute atomic E-state index is 13.0. The summed E-state index contributed by atoms with van der Waals surface area (Å²) < 4.78 is 10.6. The van der Waals surface area contributed by atoms with Gasteiger partial charge in [-0.2, -0.15) is 0 Å². The van der Waals surface area contributed by atoms with Gasteiger partial charge in [0.05, 0.1) is 31.5 Å². The van der Waals surface area contributed by atoms with Gasteiger partial charge in [0.15, 0.2) is 0 Å². The number of aliphatic hydroxyl groups is 1. The number of likely N-dealkylation sites (tertiary alicyclic amines) is 1. The molecule has 1 aliphatic heterocycles. The van der Waals surface area contributed by atoms with E-state index in [1.54, 1.807) is 43.5 Å². The van der Waals surface area contributed by atoms with Crippen molar-refractivity contribution in [3.8, 4) is 5.75 Å². The number of hydrogen-bond donors (Lipinski definition) is 1. The molecule has 0 aliphatic carbocycles. The summed E-state index contributed by atoms with van der Waals surface area (Å²) in [5.41, 5.74) is 2.39. The summed E-state index contributed by atoms with van der Waals surface area (Å²) in [5, 5.41) is 11.1. The van der Waals surface area contributed by atoms with E-state index in [1.165, 1.54) is 11.2 Å². The molecule has 6 nitrogen and oxygen atoms in total. The fourth-order valence-corrected chi connectivity index (χ4v) is 3.80. The number of ketones is 1. The minimum Gasteiger partial charge on any atom is -0.507 e. The van der Waals surface area contributed by atoms with Crippen LogP contribution in [0, 0.1) is 0 Å². The molecule has 2 aromatic carbocycles. The molecule has 158 valence electrons. The van der Waals surface area contributed by atoms with Crippen LogP contribution < -0.4 is 4.74 Å². The van der Waals surface area contributed by atoms with Gasteiger partial charge in [-0.25, -0.2) is 0 Å². The third-order valence-electron chi connectivity index (χ3n) is 5.51. The SMILES string of the molecule is CCc1ccc(C2C(=C(O)c3ccc(OC)cc3)C(=O)C(=O)N2Cc2ccco2)cc1. The van der Waals surface area contributed by atoms with Gasteiger partial charge in [0.1, 0.15) is 17.3 Å². The molecule has 1 aliphatic rings. The van der Waals surface area contributed by atoms with Crippen LogP contribution in [0.2, 0.25) is 0 Å². The summed E-state index contributed by atoms with van der Waals surface area (Å²) in [6, 6.07) is 17.2. The van der Waals surface area contributed by atoms with Crippen molar-refractivity contribution >= 4 is 17.4 Å². The Kier molecular flexibility index (Phi) is 5.62. The van der Waals surface area contributed by atoms with E-state index in [4.69, 9.17) is 9.15 Å². The Balaban J connectivity index is 1.83. The number of carbonyl (C=O) groups is 2. The highest BCUT2D eigenvalue weighted by molar-refractivity contribution is 6.46. The van der Waals surface area contributed by atoms with Crippen molar-refractivity contribution < 1.29 is 23.8 Å². The molecule has 2 heterocycles. The van der Waals surface area contributed by atoms with Gasteiger partial charge in [0.2, 0.25) is 0 Å². The number of hydrogen-bond acceptors (Lipinski definition) is 5. The lowest BCUT2D eigenvalue weighted by Gasteiger charge is -2.24. The summed E-state index contributed by atoms with van der Waals surface area (Å²) in [6.45, 7) is 2.18. The van der Waals surface area contributed by atoms with Gasteiger partial charge in [0, 0.05) is 5.56 Å². The van der Waals surface area contributed by atoms with E-state index in [9.17, 15) is 14.7 Å². The van der Waals surface area contributed by atoms with Gasteiger partial charge in [0.25, 0.3) is 11.7 Å². The minimum atomic E-state index is -0.724. The monoisotopic (exact) mass is 417 g/mol. The Morgan fingerprint density at radius 2 is 1.77 bits per heavy atom. The van der Waals surface area contributed by atoms with E-state index in [-0.39, 0.29) is 17.9 Å². The van der Waals surface area contributed by atoms with Crippen LogP contribution in [-0.4, -0.2) is 28.8 Å². The van der Waals surface area contributed by atoms with Crippen LogP contribution in [0.25, 0.3) is 5.76 Å². The summed E-state index contributed by atoms with van der Waals surface area (Å²) in [6.07, 6.45) is 2.40. The van der Waals surface area contributed by atoms with Crippen LogP contribution in [0.1, 0.15) is 35.4 Å². The number of rotatable bonds is 6. The Morgan fingerprint density at radius 3 is 2.35 bits per heavy atom. The van der Waals surface area contributed by atoms with Crippen LogP contribution in [0.4, 0.5) is 0 Å². The first-order valence-electron chi connectivity index (χ1n) is 10.1. The molecule has 4 rings (SSSR count). The molecule has 1 N–H and O–H groups in total. The average molecular weight is 417 g/mol. The highest BCUT2D eigenvalue weighted by atomic mass is 16.5. The first kappa shape index (κ1) is 20.5. The van der Waals surface area contributed by atoms with Crippen LogP contribution in [-0.2, 0) is 22.6 Å². The molecule has 1 atom stereocenters. The van der Waals surface area contributed by atoms with E-state index in [0.29, 0.717) is 17.1 Å². The van der Waals surface area contributed by atoms with E-state index in [0.717, 1.165) is 17.5 Å². The van der Waals surface area contributed by atoms with Crippen molar-refractivity contribution in [2.45, 2.75) is 25.9 Å². The average Bonchev–Trinajstić information content (AvgIpc) is 3.41.